The second kappa shape index (κ2) is 3.75. The Hall–Kier alpha value is -1.62. The number of rotatable bonds is 2. The summed E-state index contributed by atoms with van der Waals surface area (Å²) in [4.78, 5) is 12.8. The molecule has 5 heteroatoms. The molecule has 0 fully saturated rings. The van der Waals surface area contributed by atoms with Gasteiger partial charge in [0, 0.05) is 17.5 Å². The number of amides is 1. The van der Waals surface area contributed by atoms with E-state index in [1.807, 2.05) is 37.8 Å². The summed E-state index contributed by atoms with van der Waals surface area (Å²) in [6.07, 6.45) is 1.82. The normalized spacial score (nSPS) is 10.7. The average Bonchev–Trinajstić information content (AvgIpc) is 2.71. The highest BCUT2D eigenvalue weighted by Crippen LogP contribution is 2.32. The first-order valence-corrected chi connectivity index (χ1v) is 5.71. The molecule has 2 aromatic rings. The van der Waals surface area contributed by atoms with Gasteiger partial charge in [-0.3, -0.25) is 9.48 Å². The van der Waals surface area contributed by atoms with Crippen molar-refractivity contribution in [2.45, 2.75) is 13.8 Å². The molecular formula is C11H13N3OS. The quantitative estimate of drug-likeness (QED) is 0.863. The summed E-state index contributed by atoms with van der Waals surface area (Å²) < 4.78 is 1.81. The van der Waals surface area contributed by atoms with E-state index in [0.717, 1.165) is 21.7 Å². The molecule has 0 saturated heterocycles. The van der Waals surface area contributed by atoms with Crippen molar-refractivity contribution in [3.05, 3.63) is 27.6 Å². The predicted molar refractivity (Wildman–Crippen MR) is 64.5 cm³/mol. The largest absolute Gasteiger partial charge is 0.365 e. The number of nitrogens with two attached hydrogens (primary N) is 1. The second-order valence-corrected chi connectivity index (χ2v) is 5.00. The monoisotopic (exact) mass is 235 g/mol. The molecule has 0 spiro atoms. The first-order valence-electron chi connectivity index (χ1n) is 4.90. The van der Waals surface area contributed by atoms with Crippen molar-refractivity contribution in [3.63, 3.8) is 0 Å². The number of thiophene rings is 1. The van der Waals surface area contributed by atoms with Crippen LogP contribution in [0, 0.1) is 13.8 Å². The minimum atomic E-state index is -0.376. The summed E-state index contributed by atoms with van der Waals surface area (Å²) in [5.74, 6) is -0.376. The standard InChI is InChI=1S/C11H13N3OS/c1-6-5-13-14(3)10(6)8-4-9(11(12)15)16-7(8)2/h4-5H,1-3H3,(H2,12,15). The number of nitrogens with zero attached hydrogens (tertiary/aromatic N) is 2. The minimum absolute atomic E-state index is 0.376. The summed E-state index contributed by atoms with van der Waals surface area (Å²) in [5, 5.41) is 4.19. The zero-order chi connectivity index (χ0) is 11.9. The average molecular weight is 235 g/mol. The third-order valence-electron chi connectivity index (χ3n) is 2.54. The summed E-state index contributed by atoms with van der Waals surface area (Å²) in [7, 11) is 1.89. The van der Waals surface area contributed by atoms with E-state index in [0.29, 0.717) is 4.88 Å². The molecular weight excluding hydrogens is 222 g/mol. The highest BCUT2D eigenvalue weighted by molar-refractivity contribution is 7.14. The fourth-order valence-corrected chi connectivity index (χ4v) is 2.65. The van der Waals surface area contributed by atoms with E-state index in [4.69, 9.17) is 5.73 Å². The molecule has 0 aliphatic carbocycles. The number of carbonyl (C=O) groups excluding carboxylic acids is 1. The van der Waals surface area contributed by atoms with E-state index in [-0.39, 0.29) is 5.91 Å². The molecule has 2 aromatic heterocycles. The summed E-state index contributed by atoms with van der Waals surface area (Å²) in [6, 6.07) is 1.84. The molecule has 0 aliphatic heterocycles. The Labute approximate surface area is 97.7 Å². The fraction of sp³-hybridized carbons (Fsp3) is 0.273. The molecule has 0 aromatic carbocycles. The van der Waals surface area contributed by atoms with Crippen LogP contribution in [-0.2, 0) is 7.05 Å². The van der Waals surface area contributed by atoms with E-state index < -0.39 is 0 Å². The van der Waals surface area contributed by atoms with Crippen molar-refractivity contribution in [1.29, 1.82) is 0 Å². The molecule has 0 bridgehead atoms. The third-order valence-corrected chi connectivity index (χ3v) is 3.60. The zero-order valence-electron chi connectivity index (χ0n) is 9.44. The number of hydrogen-bond donors (Lipinski definition) is 1. The van der Waals surface area contributed by atoms with Gasteiger partial charge in [-0.25, -0.2) is 0 Å². The lowest BCUT2D eigenvalue weighted by molar-refractivity contribution is 0.100. The Balaban J connectivity index is 2.61. The Morgan fingerprint density at radius 2 is 2.19 bits per heavy atom. The highest BCUT2D eigenvalue weighted by atomic mass is 32.1. The second-order valence-electron chi connectivity index (χ2n) is 3.74. The predicted octanol–water partition coefficient (Wildman–Crippen LogP) is 1.86. The van der Waals surface area contributed by atoms with E-state index in [1.165, 1.54) is 11.3 Å². The van der Waals surface area contributed by atoms with Crippen molar-refractivity contribution in [3.8, 4) is 11.3 Å². The van der Waals surface area contributed by atoms with Gasteiger partial charge in [-0.05, 0) is 25.5 Å². The maximum absolute atomic E-state index is 11.1. The molecule has 16 heavy (non-hydrogen) atoms. The maximum atomic E-state index is 11.1. The van der Waals surface area contributed by atoms with Crippen LogP contribution in [0.5, 0.6) is 0 Å². The summed E-state index contributed by atoms with van der Waals surface area (Å²) in [6.45, 7) is 3.99. The van der Waals surface area contributed by atoms with Gasteiger partial charge < -0.3 is 5.73 Å². The van der Waals surface area contributed by atoms with Gasteiger partial charge in [-0.1, -0.05) is 0 Å². The van der Waals surface area contributed by atoms with E-state index in [2.05, 4.69) is 5.10 Å². The van der Waals surface area contributed by atoms with Gasteiger partial charge in [-0.15, -0.1) is 11.3 Å². The molecule has 0 saturated carbocycles. The van der Waals surface area contributed by atoms with Crippen LogP contribution >= 0.6 is 11.3 Å². The minimum Gasteiger partial charge on any atom is -0.365 e. The van der Waals surface area contributed by atoms with Crippen LogP contribution in [0.2, 0.25) is 0 Å². The van der Waals surface area contributed by atoms with Crippen molar-refractivity contribution in [2.24, 2.45) is 12.8 Å². The van der Waals surface area contributed by atoms with Gasteiger partial charge in [0.1, 0.15) is 0 Å². The third kappa shape index (κ3) is 1.63. The van der Waals surface area contributed by atoms with Crippen LogP contribution < -0.4 is 5.73 Å². The Morgan fingerprint density at radius 3 is 2.62 bits per heavy atom. The molecule has 84 valence electrons. The molecule has 0 unspecified atom stereocenters. The highest BCUT2D eigenvalue weighted by Gasteiger charge is 2.15. The van der Waals surface area contributed by atoms with Gasteiger partial charge in [0.15, 0.2) is 0 Å². The molecule has 0 atom stereocenters. The molecule has 2 heterocycles. The van der Waals surface area contributed by atoms with Crippen LogP contribution in [0.15, 0.2) is 12.3 Å². The topological polar surface area (TPSA) is 60.9 Å². The van der Waals surface area contributed by atoms with Crippen LogP contribution in [0.4, 0.5) is 0 Å². The number of primary amides is 1. The molecule has 1 amide bonds. The number of carbonyl (C=O) groups is 1. The van der Waals surface area contributed by atoms with Gasteiger partial charge in [0.2, 0.25) is 0 Å². The van der Waals surface area contributed by atoms with Crippen LogP contribution in [0.1, 0.15) is 20.1 Å². The zero-order valence-corrected chi connectivity index (χ0v) is 10.3. The van der Waals surface area contributed by atoms with Crippen LogP contribution in [0.3, 0.4) is 0 Å². The lowest BCUT2D eigenvalue weighted by Gasteiger charge is -2.02. The molecule has 2 N–H and O–H groups in total. The van der Waals surface area contributed by atoms with E-state index in [1.54, 1.807) is 0 Å². The van der Waals surface area contributed by atoms with Gasteiger partial charge >= 0.3 is 0 Å². The van der Waals surface area contributed by atoms with Crippen LogP contribution in [0.25, 0.3) is 11.3 Å². The van der Waals surface area contributed by atoms with Gasteiger partial charge in [0.25, 0.3) is 5.91 Å². The first kappa shape index (κ1) is 10.9. The van der Waals surface area contributed by atoms with Crippen molar-refractivity contribution in [2.75, 3.05) is 0 Å². The maximum Gasteiger partial charge on any atom is 0.258 e. The van der Waals surface area contributed by atoms with Crippen molar-refractivity contribution >= 4 is 17.2 Å². The summed E-state index contributed by atoms with van der Waals surface area (Å²) >= 11 is 1.42. The van der Waals surface area contributed by atoms with Crippen molar-refractivity contribution < 1.29 is 4.79 Å². The number of hydrogen-bond acceptors (Lipinski definition) is 3. The van der Waals surface area contributed by atoms with Gasteiger partial charge in [-0.2, -0.15) is 5.10 Å². The molecule has 0 aliphatic rings. The Kier molecular flexibility index (Phi) is 2.55. The Morgan fingerprint density at radius 1 is 1.50 bits per heavy atom. The van der Waals surface area contributed by atoms with Crippen molar-refractivity contribution in [1.82, 2.24) is 9.78 Å². The van der Waals surface area contributed by atoms with E-state index >= 15 is 0 Å². The van der Waals surface area contributed by atoms with E-state index in [9.17, 15) is 4.79 Å². The fourth-order valence-electron chi connectivity index (χ4n) is 1.77. The molecule has 0 radical (unpaired) electrons. The smallest absolute Gasteiger partial charge is 0.258 e. The number of aromatic nitrogens is 2. The number of aryl methyl sites for hydroxylation is 3. The SMILES string of the molecule is Cc1cnn(C)c1-c1cc(C(N)=O)sc1C. The van der Waals surface area contributed by atoms with Gasteiger partial charge in [0.05, 0.1) is 16.8 Å². The lowest BCUT2D eigenvalue weighted by Crippen LogP contribution is -2.08. The molecule has 2 rings (SSSR count). The first-order chi connectivity index (χ1) is 7.50. The van der Waals surface area contributed by atoms with Crippen LogP contribution in [-0.4, -0.2) is 15.7 Å². The summed E-state index contributed by atoms with van der Waals surface area (Å²) in [5.41, 5.74) is 8.45. The Bertz CT molecular complexity index is 534. The molecule has 4 nitrogen and oxygen atoms in total. The lowest BCUT2D eigenvalue weighted by atomic mass is 10.1.